The van der Waals surface area contributed by atoms with Crippen LogP contribution in [0.2, 0.25) is 0 Å². The number of benzene rings is 1. The summed E-state index contributed by atoms with van der Waals surface area (Å²) in [7, 11) is 0. The van der Waals surface area contributed by atoms with E-state index in [9.17, 15) is 9.50 Å². The van der Waals surface area contributed by atoms with Crippen molar-refractivity contribution in [2.45, 2.75) is 45.6 Å². The first kappa shape index (κ1) is 13.9. The summed E-state index contributed by atoms with van der Waals surface area (Å²) in [5, 5.41) is 9.97. The van der Waals surface area contributed by atoms with Crippen LogP contribution in [0.1, 0.15) is 49.8 Å². The first-order chi connectivity index (χ1) is 9.54. The molecule has 0 bridgehead atoms. The van der Waals surface area contributed by atoms with Gasteiger partial charge in [-0.2, -0.15) is 0 Å². The van der Waals surface area contributed by atoms with E-state index in [-0.39, 0.29) is 5.82 Å². The predicted molar refractivity (Wildman–Crippen MR) is 79.4 cm³/mol. The maximum Gasteiger partial charge on any atom is 0.126 e. The molecule has 1 N–H and O–H groups in total. The van der Waals surface area contributed by atoms with Crippen molar-refractivity contribution in [3.63, 3.8) is 0 Å². The fourth-order valence-electron chi connectivity index (χ4n) is 2.79. The fourth-order valence-corrected chi connectivity index (χ4v) is 2.79. The molecule has 0 radical (unpaired) electrons. The smallest absolute Gasteiger partial charge is 0.126 e. The Morgan fingerprint density at radius 1 is 1.20 bits per heavy atom. The van der Waals surface area contributed by atoms with Crippen molar-refractivity contribution in [3.8, 4) is 0 Å². The third kappa shape index (κ3) is 3.14. The quantitative estimate of drug-likeness (QED) is 0.854. The van der Waals surface area contributed by atoms with Crippen LogP contribution in [0.15, 0.2) is 12.1 Å². The highest BCUT2D eigenvalue weighted by atomic mass is 19.1. The van der Waals surface area contributed by atoms with Crippen LogP contribution in [-0.4, -0.2) is 18.2 Å². The molecular weight excluding hydrogens is 253 g/mol. The van der Waals surface area contributed by atoms with Crippen LogP contribution >= 0.6 is 0 Å². The number of aliphatic hydroxyl groups is 1. The Morgan fingerprint density at radius 3 is 2.20 bits per heavy atom. The average Bonchev–Trinajstić information content (AvgIpc) is 3.26. The molecule has 3 rings (SSSR count). The van der Waals surface area contributed by atoms with Gasteiger partial charge in [0.25, 0.3) is 0 Å². The van der Waals surface area contributed by atoms with E-state index in [1.807, 2.05) is 6.07 Å². The lowest BCUT2D eigenvalue weighted by Gasteiger charge is -2.29. The number of anilines is 1. The molecule has 1 aromatic rings. The highest BCUT2D eigenvalue weighted by molar-refractivity contribution is 5.57. The lowest BCUT2D eigenvalue weighted by atomic mass is 10.0. The topological polar surface area (TPSA) is 23.5 Å². The van der Waals surface area contributed by atoms with Crippen LogP contribution in [-0.2, 0) is 0 Å². The van der Waals surface area contributed by atoms with Gasteiger partial charge < -0.3 is 10.0 Å². The maximum absolute atomic E-state index is 13.8. The number of nitrogens with zero attached hydrogens (tertiary/aromatic N) is 1. The largest absolute Gasteiger partial charge is 0.389 e. The zero-order chi connectivity index (χ0) is 14.3. The fraction of sp³-hybridized carbons (Fsp3) is 0.647. The molecule has 0 heterocycles. The molecule has 0 spiro atoms. The zero-order valence-corrected chi connectivity index (χ0v) is 12.4. The Hall–Kier alpha value is -1.09. The molecule has 0 saturated heterocycles. The van der Waals surface area contributed by atoms with Gasteiger partial charge in [0.05, 0.1) is 6.10 Å². The van der Waals surface area contributed by atoms with E-state index in [2.05, 4.69) is 4.90 Å². The van der Waals surface area contributed by atoms with Gasteiger partial charge in [-0.15, -0.1) is 0 Å². The lowest BCUT2D eigenvalue weighted by Crippen LogP contribution is -2.29. The van der Waals surface area contributed by atoms with Crippen molar-refractivity contribution in [2.24, 2.45) is 11.8 Å². The Bertz CT molecular complexity index is 478. The third-order valence-corrected chi connectivity index (χ3v) is 4.45. The molecule has 3 heteroatoms. The summed E-state index contributed by atoms with van der Waals surface area (Å²) in [5.74, 6) is 1.37. The SMILES string of the molecule is Cc1cc(N(CC2CC2)CC2CC2)c([C@H](C)O)cc1F. The summed E-state index contributed by atoms with van der Waals surface area (Å²) in [5.41, 5.74) is 2.44. The molecule has 110 valence electrons. The Labute approximate surface area is 120 Å². The van der Waals surface area contributed by atoms with Crippen LogP contribution in [0.3, 0.4) is 0 Å². The molecule has 0 unspecified atom stereocenters. The molecule has 2 aliphatic rings. The standard InChI is InChI=1S/C17H24FNO/c1-11-7-17(15(12(2)20)8-16(11)18)19(9-13-3-4-13)10-14-5-6-14/h7-8,12-14,20H,3-6,9-10H2,1-2H3/t12-/m0/s1. The normalized spacial score (nSPS) is 20.0. The summed E-state index contributed by atoms with van der Waals surface area (Å²) >= 11 is 0. The van der Waals surface area contributed by atoms with Crippen molar-refractivity contribution in [2.75, 3.05) is 18.0 Å². The monoisotopic (exact) mass is 277 g/mol. The zero-order valence-electron chi connectivity index (χ0n) is 12.4. The molecule has 2 fully saturated rings. The minimum atomic E-state index is -0.624. The van der Waals surface area contributed by atoms with Gasteiger partial charge in [-0.05, 0) is 69.1 Å². The lowest BCUT2D eigenvalue weighted by molar-refractivity contribution is 0.199. The van der Waals surface area contributed by atoms with Gasteiger partial charge >= 0.3 is 0 Å². The van der Waals surface area contributed by atoms with E-state index >= 15 is 0 Å². The third-order valence-electron chi connectivity index (χ3n) is 4.45. The number of aliphatic hydroxyl groups excluding tert-OH is 1. The van der Waals surface area contributed by atoms with Gasteiger partial charge in [-0.25, -0.2) is 4.39 Å². The van der Waals surface area contributed by atoms with E-state index in [0.717, 1.165) is 36.2 Å². The molecule has 2 aliphatic carbocycles. The number of hydrogen-bond donors (Lipinski definition) is 1. The van der Waals surface area contributed by atoms with Gasteiger partial charge in [-0.1, -0.05) is 0 Å². The van der Waals surface area contributed by atoms with Crippen LogP contribution < -0.4 is 4.90 Å². The second-order valence-corrected chi connectivity index (χ2v) is 6.63. The van der Waals surface area contributed by atoms with E-state index in [1.54, 1.807) is 13.8 Å². The van der Waals surface area contributed by atoms with Gasteiger partial charge in [0.2, 0.25) is 0 Å². The first-order valence-corrected chi connectivity index (χ1v) is 7.77. The van der Waals surface area contributed by atoms with Gasteiger partial charge in [-0.3, -0.25) is 0 Å². The van der Waals surface area contributed by atoms with E-state index in [1.165, 1.54) is 31.7 Å². The second kappa shape index (κ2) is 5.36. The highest BCUT2D eigenvalue weighted by Crippen LogP contribution is 2.38. The molecular formula is C17H24FNO. The molecule has 0 amide bonds. The summed E-state index contributed by atoms with van der Waals surface area (Å²) in [6, 6.07) is 3.43. The van der Waals surface area contributed by atoms with Gasteiger partial charge in [0.15, 0.2) is 0 Å². The molecule has 1 atom stereocenters. The van der Waals surface area contributed by atoms with Crippen LogP contribution in [0.5, 0.6) is 0 Å². The van der Waals surface area contributed by atoms with Crippen LogP contribution in [0, 0.1) is 24.6 Å². The summed E-state index contributed by atoms with van der Waals surface area (Å²) in [4.78, 5) is 2.39. The number of rotatable bonds is 6. The minimum absolute atomic E-state index is 0.220. The minimum Gasteiger partial charge on any atom is -0.389 e. The van der Waals surface area contributed by atoms with E-state index in [0.29, 0.717) is 5.56 Å². The highest BCUT2D eigenvalue weighted by Gasteiger charge is 2.30. The van der Waals surface area contributed by atoms with Crippen molar-refractivity contribution in [1.29, 1.82) is 0 Å². The number of aryl methyl sites for hydroxylation is 1. The summed E-state index contributed by atoms with van der Waals surface area (Å²) < 4.78 is 13.8. The van der Waals surface area contributed by atoms with Crippen molar-refractivity contribution >= 4 is 5.69 Å². The van der Waals surface area contributed by atoms with E-state index < -0.39 is 6.10 Å². The van der Waals surface area contributed by atoms with Crippen LogP contribution in [0.4, 0.5) is 10.1 Å². The summed E-state index contributed by atoms with van der Waals surface area (Å²) in [6.45, 7) is 5.64. The summed E-state index contributed by atoms with van der Waals surface area (Å²) in [6.07, 6.45) is 4.62. The van der Waals surface area contributed by atoms with E-state index in [4.69, 9.17) is 0 Å². The molecule has 2 nitrogen and oxygen atoms in total. The van der Waals surface area contributed by atoms with Gasteiger partial charge in [0, 0.05) is 24.3 Å². The molecule has 20 heavy (non-hydrogen) atoms. The number of hydrogen-bond acceptors (Lipinski definition) is 2. The Kier molecular flexibility index (Phi) is 3.72. The Balaban J connectivity index is 1.91. The second-order valence-electron chi connectivity index (χ2n) is 6.63. The van der Waals surface area contributed by atoms with Gasteiger partial charge in [0.1, 0.15) is 5.82 Å². The molecule has 0 aliphatic heterocycles. The molecule has 0 aromatic heterocycles. The Morgan fingerprint density at radius 2 is 1.75 bits per heavy atom. The predicted octanol–water partition coefficient (Wildman–Crippen LogP) is 3.81. The molecule has 1 aromatic carbocycles. The molecule has 2 saturated carbocycles. The van der Waals surface area contributed by atoms with Crippen molar-refractivity contribution in [1.82, 2.24) is 0 Å². The maximum atomic E-state index is 13.8. The number of halogens is 1. The van der Waals surface area contributed by atoms with Crippen molar-refractivity contribution in [3.05, 3.63) is 29.1 Å². The van der Waals surface area contributed by atoms with Crippen LogP contribution in [0.25, 0.3) is 0 Å². The average molecular weight is 277 g/mol. The first-order valence-electron chi connectivity index (χ1n) is 7.77. The van der Waals surface area contributed by atoms with Crippen molar-refractivity contribution < 1.29 is 9.50 Å².